The average Bonchev–Trinajstić information content (AvgIpc) is 2.32. The second-order valence-electron chi connectivity index (χ2n) is 3.95. The van der Waals surface area contributed by atoms with E-state index in [0.29, 0.717) is 13.2 Å². The number of carbonyl (C=O) groups is 1. The number of hydrogen-bond donors (Lipinski definition) is 0. The molecular formula is C12H13F2NO2. The third kappa shape index (κ3) is 2.44. The lowest BCUT2D eigenvalue weighted by Crippen LogP contribution is -2.44. The number of hydrogen-bond acceptors (Lipinski definition) is 2. The van der Waals surface area contributed by atoms with Crippen LogP contribution in [0.5, 0.6) is 0 Å². The van der Waals surface area contributed by atoms with Gasteiger partial charge in [0.15, 0.2) is 11.6 Å². The van der Waals surface area contributed by atoms with Crippen molar-refractivity contribution in [2.75, 3.05) is 13.2 Å². The molecule has 1 aliphatic rings. The predicted molar refractivity (Wildman–Crippen MR) is 57.4 cm³/mol. The molecule has 5 heteroatoms. The van der Waals surface area contributed by atoms with E-state index in [4.69, 9.17) is 4.74 Å². The lowest BCUT2D eigenvalue weighted by Gasteiger charge is -2.33. The van der Waals surface area contributed by atoms with E-state index in [1.54, 1.807) is 6.92 Å². The third-order valence-corrected chi connectivity index (χ3v) is 2.77. The molecule has 1 unspecified atom stereocenters. The van der Waals surface area contributed by atoms with Crippen LogP contribution in [0, 0.1) is 11.6 Å². The summed E-state index contributed by atoms with van der Waals surface area (Å²) in [6, 6.07) is 3.15. The Morgan fingerprint density at radius 3 is 2.82 bits per heavy atom. The molecule has 1 fully saturated rings. The van der Waals surface area contributed by atoms with Crippen molar-refractivity contribution in [3.8, 4) is 0 Å². The maximum atomic E-state index is 13.0. The molecule has 92 valence electrons. The van der Waals surface area contributed by atoms with E-state index in [-0.39, 0.29) is 17.7 Å². The molecule has 2 rings (SSSR count). The molecule has 0 radical (unpaired) electrons. The summed E-state index contributed by atoms with van der Waals surface area (Å²) in [6.07, 6.45) is 0.420. The standard InChI is InChI=1S/C12H13F2NO2/c1-8-15(5-2-6-17-8)12(16)9-3-4-10(13)11(14)7-9/h3-4,7-8H,2,5-6H2,1H3. The molecule has 1 aliphatic heterocycles. The summed E-state index contributed by atoms with van der Waals surface area (Å²) in [5.74, 6) is -2.30. The van der Waals surface area contributed by atoms with Gasteiger partial charge in [-0.15, -0.1) is 0 Å². The molecule has 0 aromatic heterocycles. The Labute approximate surface area is 98.0 Å². The van der Waals surface area contributed by atoms with Crippen LogP contribution in [-0.4, -0.2) is 30.2 Å². The Morgan fingerprint density at radius 2 is 2.18 bits per heavy atom. The lowest BCUT2D eigenvalue weighted by atomic mass is 10.1. The van der Waals surface area contributed by atoms with Crippen LogP contribution < -0.4 is 0 Å². The molecule has 1 aromatic rings. The van der Waals surface area contributed by atoms with Gasteiger partial charge in [-0.3, -0.25) is 4.79 Å². The lowest BCUT2D eigenvalue weighted by molar-refractivity contribution is -0.0661. The predicted octanol–water partition coefficient (Wildman–Crippen LogP) is 2.17. The van der Waals surface area contributed by atoms with E-state index in [1.165, 1.54) is 11.0 Å². The number of halogens is 2. The summed E-state index contributed by atoms with van der Waals surface area (Å²) in [5.41, 5.74) is 0.140. The van der Waals surface area contributed by atoms with Gasteiger partial charge in [-0.05, 0) is 31.5 Å². The van der Waals surface area contributed by atoms with Gasteiger partial charge in [0.2, 0.25) is 0 Å². The fourth-order valence-electron chi connectivity index (χ4n) is 1.82. The highest BCUT2D eigenvalue weighted by Crippen LogP contribution is 2.16. The van der Waals surface area contributed by atoms with Gasteiger partial charge < -0.3 is 9.64 Å². The van der Waals surface area contributed by atoms with E-state index in [1.807, 2.05) is 0 Å². The van der Waals surface area contributed by atoms with Gasteiger partial charge in [-0.1, -0.05) is 0 Å². The van der Waals surface area contributed by atoms with Crippen molar-refractivity contribution in [2.45, 2.75) is 19.6 Å². The number of ether oxygens (including phenoxy) is 1. The minimum absolute atomic E-state index is 0.140. The highest BCUT2D eigenvalue weighted by atomic mass is 19.2. The minimum Gasteiger partial charge on any atom is -0.359 e. The quantitative estimate of drug-likeness (QED) is 0.754. The Hall–Kier alpha value is -1.49. The molecule has 3 nitrogen and oxygen atoms in total. The normalized spacial score (nSPS) is 20.4. The molecule has 0 aliphatic carbocycles. The molecule has 0 N–H and O–H groups in total. The Morgan fingerprint density at radius 1 is 1.41 bits per heavy atom. The highest BCUT2D eigenvalue weighted by molar-refractivity contribution is 5.94. The molecular weight excluding hydrogens is 228 g/mol. The first-order chi connectivity index (χ1) is 8.09. The Kier molecular flexibility index (Phi) is 3.38. The molecule has 1 aromatic carbocycles. The smallest absolute Gasteiger partial charge is 0.255 e. The number of carbonyl (C=O) groups excluding carboxylic acids is 1. The molecule has 1 heterocycles. The fourth-order valence-corrected chi connectivity index (χ4v) is 1.82. The van der Waals surface area contributed by atoms with Crippen LogP contribution in [0.25, 0.3) is 0 Å². The summed E-state index contributed by atoms with van der Waals surface area (Å²) in [6.45, 7) is 2.94. The zero-order chi connectivity index (χ0) is 12.4. The number of rotatable bonds is 1. The molecule has 1 atom stereocenters. The van der Waals surface area contributed by atoms with Crippen molar-refractivity contribution in [3.05, 3.63) is 35.4 Å². The molecule has 1 saturated heterocycles. The van der Waals surface area contributed by atoms with Gasteiger partial charge >= 0.3 is 0 Å². The molecule has 1 amide bonds. The second-order valence-corrected chi connectivity index (χ2v) is 3.95. The van der Waals surface area contributed by atoms with Gasteiger partial charge in [0.1, 0.15) is 6.23 Å². The number of amides is 1. The van der Waals surface area contributed by atoms with Gasteiger partial charge in [0.25, 0.3) is 5.91 Å². The maximum absolute atomic E-state index is 13.0. The number of nitrogens with zero attached hydrogens (tertiary/aromatic N) is 1. The van der Waals surface area contributed by atoms with E-state index in [9.17, 15) is 13.6 Å². The summed E-state index contributed by atoms with van der Waals surface area (Å²) >= 11 is 0. The van der Waals surface area contributed by atoms with Crippen molar-refractivity contribution >= 4 is 5.91 Å². The van der Waals surface area contributed by atoms with Crippen molar-refractivity contribution in [1.82, 2.24) is 4.90 Å². The van der Waals surface area contributed by atoms with Crippen molar-refractivity contribution in [1.29, 1.82) is 0 Å². The number of benzene rings is 1. The highest BCUT2D eigenvalue weighted by Gasteiger charge is 2.25. The summed E-state index contributed by atoms with van der Waals surface area (Å²) in [4.78, 5) is 13.5. The first-order valence-corrected chi connectivity index (χ1v) is 5.47. The van der Waals surface area contributed by atoms with Crippen molar-refractivity contribution in [3.63, 3.8) is 0 Å². The summed E-state index contributed by atoms with van der Waals surface area (Å²) in [7, 11) is 0. The Balaban J connectivity index is 2.21. The first-order valence-electron chi connectivity index (χ1n) is 5.47. The Bertz CT molecular complexity index is 437. The van der Waals surface area contributed by atoms with Crippen molar-refractivity contribution < 1.29 is 18.3 Å². The zero-order valence-corrected chi connectivity index (χ0v) is 9.45. The monoisotopic (exact) mass is 241 g/mol. The molecule has 0 spiro atoms. The van der Waals surface area contributed by atoms with E-state index in [2.05, 4.69) is 0 Å². The van der Waals surface area contributed by atoms with Crippen LogP contribution in [0.1, 0.15) is 23.7 Å². The van der Waals surface area contributed by atoms with E-state index >= 15 is 0 Å². The van der Waals surface area contributed by atoms with Crippen LogP contribution in [0.2, 0.25) is 0 Å². The third-order valence-electron chi connectivity index (χ3n) is 2.77. The molecule has 17 heavy (non-hydrogen) atoms. The van der Waals surface area contributed by atoms with Crippen LogP contribution in [0.4, 0.5) is 8.78 Å². The fraction of sp³-hybridized carbons (Fsp3) is 0.417. The van der Waals surface area contributed by atoms with Crippen LogP contribution in [-0.2, 0) is 4.74 Å². The van der Waals surface area contributed by atoms with Crippen LogP contribution in [0.15, 0.2) is 18.2 Å². The molecule has 0 bridgehead atoms. The van der Waals surface area contributed by atoms with E-state index < -0.39 is 11.6 Å². The minimum atomic E-state index is -1.01. The van der Waals surface area contributed by atoms with Gasteiger partial charge in [-0.25, -0.2) is 8.78 Å². The van der Waals surface area contributed by atoms with Crippen molar-refractivity contribution in [2.24, 2.45) is 0 Å². The topological polar surface area (TPSA) is 29.5 Å². The van der Waals surface area contributed by atoms with Gasteiger partial charge in [0.05, 0.1) is 6.61 Å². The SMILES string of the molecule is CC1OCCCN1C(=O)c1ccc(F)c(F)c1. The first kappa shape index (κ1) is 12.0. The molecule has 0 saturated carbocycles. The zero-order valence-electron chi connectivity index (χ0n) is 9.45. The van der Waals surface area contributed by atoms with Crippen LogP contribution in [0.3, 0.4) is 0 Å². The second kappa shape index (κ2) is 4.79. The van der Waals surface area contributed by atoms with Crippen LogP contribution >= 0.6 is 0 Å². The largest absolute Gasteiger partial charge is 0.359 e. The average molecular weight is 241 g/mol. The van der Waals surface area contributed by atoms with E-state index in [0.717, 1.165) is 18.6 Å². The van der Waals surface area contributed by atoms with Gasteiger partial charge in [-0.2, -0.15) is 0 Å². The maximum Gasteiger partial charge on any atom is 0.255 e. The van der Waals surface area contributed by atoms with Gasteiger partial charge in [0, 0.05) is 12.1 Å². The summed E-state index contributed by atoms with van der Waals surface area (Å²) in [5, 5.41) is 0. The summed E-state index contributed by atoms with van der Waals surface area (Å²) < 4.78 is 31.1.